The van der Waals surface area contributed by atoms with Gasteiger partial charge in [0.15, 0.2) is 0 Å². The first kappa shape index (κ1) is 56.6. The van der Waals surface area contributed by atoms with Gasteiger partial charge in [-0.1, -0.05) is 232 Å². The quantitative estimate of drug-likeness (QED) is 0.152. The summed E-state index contributed by atoms with van der Waals surface area (Å²) in [5, 5.41) is 7.40. The van der Waals surface area contributed by atoms with E-state index in [0.717, 1.165) is 59.8 Å². The number of aromatic nitrogens is 6. The number of fused-ring (bicyclic) bond motifs is 15. The molecular weight excluding hydrogens is 1220 g/mol. The van der Waals surface area contributed by atoms with Gasteiger partial charge >= 0.3 is 0 Å². The number of thiophene rings is 2. The molecule has 1 aliphatic carbocycles. The molecular formula is C89H58N6S2. The molecule has 6 nitrogen and oxygen atoms in total. The fraction of sp³-hybridized carbons (Fsp3) is 0.0337. The van der Waals surface area contributed by atoms with Gasteiger partial charge in [0.05, 0.1) is 53.9 Å². The van der Waals surface area contributed by atoms with Gasteiger partial charge in [0.25, 0.3) is 0 Å². The summed E-state index contributed by atoms with van der Waals surface area (Å²) < 4.78 is 9.45. The number of hydrogen-bond donors (Lipinski definition) is 0. The lowest BCUT2D eigenvalue weighted by molar-refractivity contribution is 0.660. The summed E-state index contributed by atoms with van der Waals surface area (Å²) >= 11 is 3.56. The molecule has 6 heterocycles. The predicted molar refractivity (Wildman–Crippen MR) is 409 cm³/mol. The molecule has 0 atom stereocenters. The van der Waals surface area contributed by atoms with Crippen molar-refractivity contribution >= 4 is 107 Å². The number of nitrogens with zero attached hydrogens (tertiary/aromatic N) is 6. The van der Waals surface area contributed by atoms with Gasteiger partial charge in [0.2, 0.25) is 0 Å². The van der Waals surface area contributed by atoms with Crippen LogP contribution in [-0.4, -0.2) is 29.1 Å². The summed E-state index contributed by atoms with van der Waals surface area (Å²) in [6, 6.07) is 110. The monoisotopic (exact) mass is 1270 g/mol. The Morgan fingerprint density at radius 1 is 0.268 bits per heavy atom. The Labute approximate surface area is 568 Å². The Balaban J connectivity index is 0.000000139. The van der Waals surface area contributed by atoms with E-state index in [9.17, 15) is 0 Å². The first-order chi connectivity index (χ1) is 47.9. The predicted octanol–water partition coefficient (Wildman–Crippen LogP) is 24.2. The van der Waals surface area contributed by atoms with Crippen molar-refractivity contribution in [3.05, 3.63) is 327 Å². The van der Waals surface area contributed by atoms with Crippen molar-refractivity contribution in [2.75, 3.05) is 0 Å². The number of hydrogen-bond acceptors (Lipinski definition) is 6. The van der Waals surface area contributed by atoms with Gasteiger partial charge in [-0.25, -0.2) is 19.9 Å². The van der Waals surface area contributed by atoms with Crippen LogP contribution in [0, 0.1) is 0 Å². The SMILES string of the molecule is CC1(C)c2ccccc2-c2ccc(-c3cccc4c3sc3c(-c5cccc(-c6cccc(-n7c8ccccc8c8ccccc87)c6)c5)ncnc34)cc21.c1ccc(-n2c3ccccc3c3cc(-c4cccc(-c5cccc(-c6ncnc7c6sc6ccccc67)c5)c4)ccc32)cc1. The standard InChI is InChI=1S/C49H33N3S.C40H25N3S/c1-49(2)41-21-6-3-16-36(41)37-25-24-32(28-42(37)49)35-19-11-20-40-46-48(53-47(35)40)45(50-29-51-46)33-14-9-12-30(26-33)31-13-10-15-34(27-31)52-43-22-7-4-17-38(43)39-18-5-8-23-44(39)52;1-2-14-31(15-3-1)43-35-18-6-4-16-32(35)34-24-29(20-21-36(34)43)27-11-8-10-26(22-27)28-12-9-13-30(23-28)38-40-39(42-25-41-38)33-17-5-7-19-37(33)44-40/h3-29H,1-2H3;1-25H. The van der Waals surface area contributed by atoms with Crippen molar-refractivity contribution < 1.29 is 0 Å². The van der Waals surface area contributed by atoms with Crippen LogP contribution in [0.3, 0.4) is 0 Å². The van der Waals surface area contributed by atoms with Crippen LogP contribution in [0.5, 0.6) is 0 Å². The lowest BCUT2D eigenvalue weighted by Crippen LogP contribution is -2.14. The van der Waals surface area contributed by atoms with Crippen molar-refractivity contribution in [3.8, 4) is 89.5 Å². The van der Waals surface area contributed by atoms with Crippen LogP contribution in [0.2, 0.25) is 0 Å². The van der Waals surface area contributed by atoms with E-state index in [0.29, 0.717) is 0 Å². The Bertz CT molecular complexity index is 6330. The zero-order chi connectivity index (χ0) is 64.3. The third kappa shape index (κ3) is 9.27. The molecule has 19 aromatic rings. The minimum absolute atomic E-state index is 0.0529. The highest BCUT2D eigenvalue weighted by Gasteiger charge is 2.35. The van der Waals surface area contributed by atoms with E-state index < -0.39 is 0 Å². The van der Waals surface area contributed by atoms with Crippen LogP contribution in [0.4, 0.5) is 0 Å². The lowest BCUT2D eigenvalue weighted by Gasteiger charge is -2.22. The molecule has 0 saturated carbocycles. The van der Waals surface area contributed by atoms with E-state index in [4.69, 9.17) is 15.0 Å². The molecule has 456 valence electrons. The first-order valence-corrected chi connectivity index (χ1v) is 34.5. The Hall–Kier alpha value is -11.9. The molecule has 0 bridgehead atoms. The van der Waals surface area contributed by atoms with Crippen molar-refractivity contribution in [3.63, 3.8) is 0 Å². The first-order valence-electron chi connectivity index (χ1n) is 32.9. The molecule has 0 spiro atoms. The summed E-state index contributed by atoms with van der Waals surface area (Å²) in [5.41, 5.74) is 28.3. The van der Waals surface area contributed by atoms with Crippen LogP contribution in [0.1, 0.15) is 25.0 Å². The number of benzene rings is 13. The summed E-state index contributed by atoms with van der Waals surface area (Å²) in [7, 11) is 0. The second-order valence-corrected chi connectivity index (χ2v) is 27.8. The molecule has 0 N–H and O–H groups in total. The van der Waals surface area contributed by atoms with Gasteiger partial charge in [-0.2, -0.15) is 0 Å². The molecule has 13 aromatic carbocycles. The average Bonchev–Trinajstić information content (AvgIpc) is 1.59. The van der Waals surface area contributed by atoms with Crippen LogP contribution in [0.15, 0.2) is 316 Å². The Morgan fingerprint density at radius 2 is 0.711 bits per heavy atom. The minimum atomic E-state index is -0.0529. The average molecular weight is 1280 g/mol. The second kappa shape index (κ2) is 22.6. The second-order valence-electron chi connectivity index (χ2n) is 25.7. The molecule has 0 unspecified atom stereocenters. The highest BCUT2D eigenvalue weighted by Crippen LogP contribution is 2.51. The third-order valence-electron chi connectivity index (χ3n) is 19.8. The van der Waals surface area contributed by atoms with Gasteiger partial charge in [0.1, 0.15) is 12.7 Å². The molecule has 1 aliphatic rings. The van der Waals surface area contributed by atoms with Gasteiger partial charge in [-0.3, -0.25) is 0 Å². The fourth-order valence-electron chi connectivity index (χ4n) is 15.2. The largest absolute Gasteiger partial charge is 0.309 e. The molecule has 0 aliphatic heterocycles. The molecule has 97 heavy (non-hydrogen) atoms. The Kier molecular flexibility index (Phi) is 13.2. The van der Waals surface area contributed by atoms with E-state index >= 15 is 0 Å². The van der Waals surface area contributed by atoms with E-state index in [1.807, 2.05) is 0 Å². The maximum Gasteiger partial charge on any atom is 0.116 e. The molecule has 0 fully saturated rings. The minimum Gasteiger partial charge on any atom is -0.309 e. The molecule has 0 radical (unpaired) electrons. The van der Waals surface area contributed by atoms with Crippen molar-refractivity contribution in [1.29, 1.82) is 0 Å². The number of rotatable bonds is 8. The van der Waals surface area contributed by atoms with E-state index in [-0.39, 0.29) is 5.41 Å². The third-order valence-corrected chi connectivity index (χ3v) is 22.2. The molecule has 0 amide bonds. The highest BCUT2D eigenvalue weighted by molar-refractivity contribution is 7.27. The van der Waals surface area contributed by atoms with E-state index in [1.165, 1.54) is 125 Å². The zero-order valence-electron chi connectivity index (χ0n) is 53.0. The fourth-order valence-corrected chi connectivity index (χ4v) is 17.7. The molecule has 8 heteroatoms. The van der Waals surface area contributed by atoms with Crippen LogP contribution in [0.25, 0.3) is 174 Å². The summed E-state index contributed by atoms with van der Waals surface area (Å²) in [6.45, 7) is 4.69. The maximum atomic E-state index is 4.92. The zero-order valence-corrected chi connectivity index (χ0v) is 54.7. The van der Waals surface area contributed by atoms with Gasteiger partial charge in [-0.15, -0.1) is 22.7 Å². The maximum absolute atomic E-state index is 4.92. The van der Waals surface area contributed by atoms with Gasteiger partial charge in [0, 0.05) is 69.6 Å². The Morgan fingerprint density at radius 3 is 1.38 bits per heavy atom. The lowest BCUT2D eigenvalue weighted by atomic mass is 9.81. The smallest absolute Gasteiger partial charge is 0.116 e. The molecule has 0 saturated heterocycles. The molecule has 6 aromatic heterocycles. The van der Waals surface area contributed by atoms with Crippen molar-refractivity contribution in [2.24, 2.45) is 0 Å². The van der Waals surface area contributed by atoms with Gasteiger partial charge in [-0.05, 0) is 152 Å². The van der Waals surface area contributed by atoms with E-state index in [1.54, 1.807) is 35.3 Å². The van der Waals surface area contributed by atoms with Crippen molar-refractivity contribution in [1.82, 2.24) is 29.1 Å². The van der Waals surface area contributed by atoms with Gasteiger partial charge < -0.3 is 9.13 Å². The number of para-hydroxylation sites is 4. The highest BCUT2D eigenvalue weighted by atomic mass is 32.1. The normalized spacial score (nSPS) is 12.5. The topological polar surface area (TPSA) is 61.4 Å². The summed E-state index contributed by atoms with van der Waals surface area (Å²) in [6.07, 6.45) is 3.41. The summed E-state index contributed by atoms with van der Waals surface area (Å²) in [4.78, 5) is 19.2. The summed E-state index contributed by atoms with van der Waals surface area (Å²) in [5.74, 6) is 0. The van der Waals surface area contributed by atoms with E-state index in [2.05, 4.69) is 331 Å². The van der Waals surface area contributed by atoms with Crippen LogP contribution < -0.4 is 0 Å². The van der Waals surface area contributed by atoms with Crippen molar-refractivity contribution in [2.45, 2.75) is 19.3 Å². The van der Waals surface area contributed by atoms with Crippen LogP contribution in [-0.2, 0) is 5.41 Å². The molecule has 20 rings (SSSR count). The van der Waals surface area contributed by atoms with Crippen LogP contribution >= 0.6 is 22.7 Å².